The SMILES string of the molecule is C1CCCC(C2(N3CCNCC3)CCCNN2)CCC1. The standard InChI is InChI=1S/C16H32N4/c1-2-4-7-15(8-5-3-1)16(9-6-10-18-19-16)20-13-11-17-12-14-20/h15,17-19H,1-14H2. The summed E-state index contributed by atoms with van der Waals surface area (Å²) in [4.78, 5) is 2.75. The number of hydrogen-bond acceptors (Lipinski definition) is 4. The van der Waals surface area contributed by atoms with Crippen molar-refractivity contribution in [3.8, 4) is 0 Å². The van der Waals surface area contributed by atoms with E-state index in [1.807, 2.05) is 0 Å². The maximum atomic E-state index is 3.77. The summed E-state index contributed by atoms with van der Waals surface area (Å²) < 4.78 is 0. The number of hydrogen-bond donors (Lipinski definition) is 3. The molecule has 0 aromatic heterocycles. The van der Waals surface area contributed by atoms with Crippen LogP contribution in [0.4, 0.5) is 0 Å². The molecule has 0 bridgehead atoms. The molecule has 0 aromatic carbocycles. The summed E-state index contributed by atoms with van der Waals surface area (Å²) in [5.41, 5.74) is 7.50. The zero-order valence-electron chi connectivity index (χ0n) is 12.9. The Kier molecular flexibility index (Phi) is 5.32. The molecular weight excluding hydrogens is 248 g/mol. The van der Waals surface area contributed by atoms with E-state index in [-0.39, 0.29) is 5.66 Å². The van der Waals surface area contributed by atoms with Crippen molar-refractivity contribution in [1.82, 2.24) is 21.1 Å². The minimum atomic E-state index is 0.234. The van der Waals surface area contributed by atoms with Crippen LogP contribution in [0.1, 0.15) is 57.8 Å². The van der Waals surface area contributed by atoms with Gasteiger partial charge in [-0.3, -0.25) is 10.3 Å². The number of rotatable bonds is 2. The Labute approximate surface area is 124 Å². The van der Waals surface area contributed by atoms with Crippen molar-refractivity contribution in [2.75, 3.05) is 32.7 Å². The molecule has 0 spiro atoms. The Hall–Kier alpha value is -0.160. The zero-order valence-corrected chi connectivity index (χ0v) is 12.9. The van der Waals surface area contributed by atoms with Crippen LogP contribution < -0.4 is 16.2 Å². The number of piperazine rings is 1. The first-order chi connectivity index (χ1) is 9.92. The molecule has 4 heteroatoms. The summed E-state index contributed by atoms with van der Waals surface area (Å²) in [6.07, 6.45) is 12.7. The van der Waals surface area contributed by atoms with Gasteiger partial charge in [0.25, 0.3) is 0 Å². The fraction of sp³-hybridized carbons (Fsp3) is 1.00. The van der Waals surface area contributed by atoms with E-state index in [9.17, 15) is 0 Å². The van der Waals surface area contributed by atoms with Crippen molar-refractivity contribution in [3.05, 3.63) is 0 Å². The summed E-state index contributed by atoms with van der Waals surface area (Å²) >= 11 is 0. The highest BCUT2D eigenvalue weighted by molar-refractivity contribution is 4.97. The maximum Gasteiger partial charge on any atom is 0.0871 e. The quantitative estimate of drug-likeness (QED) is 0.722. The highest BCUT2D eigenvalue weighted by atomic mass is 15.5. The van der Waals surface area contributed by atoms with Gasteiger partial charge in [0, 0.05) is 32.7 Å². The van der Waals surface area contributed by atoms with E-state index in [1.165, 1.54) is 70.9 Å². The molecule has 2 aliphatic heterocycles. The molecule has 0 amide bonds. The van der Waals surface area contributed by atoms with E-state index in [2.05, 4.69) is 21.1 Å². The molecule has 1 unspecified atom stereocenters. The molecule has 1 atom stereocenters. The van der Waals surface area contributed by atoms with Crippen molar-refractivity contribution in [3.63, 3.8) is 0 Å². The van der Waals surface area contributed by atoms with Crippen LogP contribution in [0.3, 0.4) is 0 Å². The third-order valence-electron chi connectivity index (χ3n) is 5.63. The number of hydrazine groups is 1. The predicted octanol–water partition coefficient (Wildman–Crippen LogP) is 1.84. The molecular formula is C16H32N4. The second kappa shape index (κ2) is 7.21. The summed E-state index contributed by atoms with van der Waals surface area (Å²) in [5, 5.41) is 3.51. The van der Waals surface area contributed by atoms with Crippen molar-refractivity contribution in [2.24, 2.45) is 5.92 Å². The molecule has 116 valence electrons. The first-order valence-electron chi connectivity index (χ1n) is 8.88. The van der Waals surface area contributed by atoms with E-state index in [1.54, 1.807) is 0 Å². The Bertz CT molecular complexity index is 274. The fourth-order valence-corrected chi connectivity index (χ4v) is 4.52. The molecule has 20 heavy (non-hydrogen) atoms. The Morgan fingerprint density at radius 1 is 0.800 bits per heavy atom. The largest absolute Gasteiger partial charge is 0.314 e. The lowest BCUT2D eigenvalue weighted by atomic mass is 9.77. The van der Waals surface area contributed by atoms with Gasteiger partial charge in [0.1, 0.15) is 0 Å². The molecule has 4 nitrogen and oxygen atoms in total. The third kappa shape index (κ3) is 3.19. The predicted molar refractivity (Wildman–Crippen MR) is 83.4 cm³/mol. The minimum Gasteiger partial charge on any atom is -0.314 e. The Morgan fingerprint density at radius 3 is 2.15 bits per heavy atom. The van der Waals surface area contributed by atoms with E-state index < -0.39 is 0 Å². The van der Waals surface area contributed by atoms with Gasteiger partial charge in [0.2, 0.25) is 0 Å². The van der Waals surface area contributed by atoms with Crippen LogP contribution in [-0.4, -0.2) is 43.3 Å². The summed E-state index contributed by atoms with van der Waals surface area (Å²) in [6, 6.07) is 0. The number of nitrogens with zero attached hydrogens (tertiary/aromatic N) is 1. The average Bonchev–Trinajstić information content (AvgIpc) is 2.48. The molecule has 1 aliphatic carbocycles. The molecule has 3 rings (SSSR count). The minimum absolute atomic E-state index is 0.234. The van der Waals surface area contributed by atoms with Gasteiger partial charge in [-0.05, 0) is 31.6 Å². The molecule has 1 saturated carbocycles. The third-order valence-corrected chi connectivity index (χ3v) is 5.63. The van der Waals surface area contributed by atoms with Gasteiger partial charge in [-0.2, -0.15) is 0 Å². The molecule has 3 fully saturated rings. The van der Waals surface area contributed by atoms with E-state index >= 15 is 0 Å². The molecule has 2 heterocycles. The van der Waals surface area contributed by atoms with Crippen molar-refractivity contribution in [2.45, 2.75) is 63.5 Å². The van der Waals surface area contributed by atoms with Gasteiger partial charge in [0.15, 0.2) is 0 Å². The van der Waals surface area contributed by atoms with E-state index in [0.29, 0.717) is 0 Å². The normalized spacial score (nSPS) is 35.4. The van der Waals surface area contributed by atoms with Gasteiger partial charge in [-0.25, -0.2) is 5.43 Å². The highest BCUT2D eigenvalue weighted by Gasteiger charge is 2.44. The highest BCUT2D eigenvalue weighted by Crippen LogP contribution is 2.37. The first kappa shape index (κ1) is 14.8. The monoisotopic (exact) mass is 280 g/mol. The lowest BCUT2D eigenvalue weighted by molar-refractivity contribution is -0.0497. The van der Waals surface area contributed by atoms with Crippen LogP contribution >= 0.6 is 0 Å². The van der Waals surface area contributed by atoms with Crippen molar-refractivity contribution < 1.29 is 0 Å². The van der Waals surface area contributed by atoms with Crippen LogP contribution in [0.15, 0.2) is 0 Å². The number of nitrogens with one attached hydrogen (secondary N) is 3. The van der Waals surface area contributed by atoms with E-state index in [0.717, 1.165) is 25.6 Å². The summed E-state index contributed by atoms with van der Waals surface area (Å²) in [6.45, 7) is 5.82. The van der Waals surface area contributed by atoms with Crippen LogP contribution in [0.25, 0.3) is 0 Å². The smallest absolute Gasteiger partial charge is 0.0871 e. The molecule has 3 aliphatic rings. The zero-order chi connectivity index (χ0) is 13.7. The van der Waals surface area contributed by atoms with Gasteiger partial charge >= 0.3 is 0 Å². The van der Waals surface area contributed by atoms with Crippen LogP contribution in [0.2, 0.25) is 0 Å². The Morgan fingerprint density at radius 2 is 1.50 bits per heavy atom. The second-order valence-corrected chi connectivity index (χ2v) is 6.86. The lowest BCUT2D eigenvalue weighted by Gasteiger charge is -2.53. The maximum absolute atomic E-state index is 3.77. The molecule has 0 aromatic rings. The Balaban J connectivity index is 1.75. The van der Waals surface area contributed by atoms with Crippen LogP contribution in [0.5, 0.6) is 0 Å². The van der Waals surface area contributed by atoms with Crippen LogP contribution in [-0.2, 0) is 0 Å². The molecule has 3 N–H and O–H groups in total. The van der Waals surface area contributed by atoms with Crippen molar-refractivity contribution >= 4 is 0 Å². The second-order valence-electron chi connectivity index (χ2n) is 6.86. The van der Waals surface area contributed by atoms with Gasteiger partial charge in [-0.15, -0.1) is 0 Å². The van der Waals surface area contributed by atoms with E-state index in [4.69, 9.17) is 0 Å². The fourth-order valence-electron chi connectivity index (χ4n) is 4.52. The van der Waals surface area contributed by atoms with Gasteiger partial charge in [-0.1, -0.05) is 32.1 Å². The molecule has 0 radical (unpaired) electrons. The molecule has 2 saturated heterocycles. The summed E-state index contributed by atoms with van der Waals surface area (Å²) in [5.74, 6) is 0.827. The lowest BCUT2D eigenvalue weighted by Crippen LogP contribution is -2.71. The van der Waals surface area contributed by atoms with Crippen molar-refractivity contribution in [1.29, 1.82) is 0 Å². The first-order valence-corrected chi connectivity index (χ1v) is 8.88. The topological polar surface area (TPSA) is 39.3 Å². The van der Waals surface area contributed by atoms with Gasteiger partial charge < -0.3 is 5.32 Å². The average molecular weight is 280 g/mol. The summed E-state index contributed by atoms with van der Waals surface area (Å²) in [7, 11) is 0. The van der Waals surface area contributed by atoms with Crippen LogP contribution in [0, 0.1) is 5.92 Å². The van der Waals surface area contributed by atoms with Gasteiger partial charge in [0.05, 0.1) is 5.66 Å².